The molecule has 0 aromatic carbocycles. The largest absolute Gasteiger partial charge is 0.480 e. The Balaban J connectivity index is 2.14. The molecule has 1 saturated heterocycles. The van der Waals surface area contributed by atoms with Gasteiger partial charge in [0.15, 0.2) is 0 Å². The van der Waals surface area contributed by atoms with Gasteiger partial charge in [-0.15, -0.1) is 11.8 Å². The molecule has 1 aliphatic carbocycles. The topological polar surface area (TPSA) is 57.6 Å². The van der Waals surface area contributed by atoms with Crippen molar-refractivity contribution in [3.8, 4) is 0 Å². The van der Waals surface area contributed by atoms with Gasteiger partial charge in [-0.1, -0.05) is 0 Å². The number of rotatable bonds is 2. The first-order chi connectivity index (χ1) is 6.61. The molecule has 2 rings (SSSR count). The Kier molecular flexibility index (Phi) is 2.43. The highest BCUT2D eigenvalue weighted by atomic mass is 32.2. The minimum Gasteiger partial charge on any atom is -0.480 e. The van der Waals surface area contributed by atoms with Crippen LogP contribution in [0.2, 0.25) is 0 Å². The summed E-state index contributed by atoms with van der Waals surface area (Å²) in [5.74, 6) is 0.0826. The fourth-order valence-electron chi connectivity index (χ4n) is 1.86. The van der Waals surface area contributed by atoms with Crippen LogP contribution in [-0.2, 0) is 9.59 Å². The van der Waals surface area contributed by atoms with Crippen LogP contribution in [0.15, 0.2) is 0 Å². The zero-order valence-electron chi connectivity index (χ0n) is 7.97. The highest BCUT2D eigenvalue weighted by molar-refractivity contribution is 8.00. The molecule has 1 heterocycles. The third-order valence-electron chi connectivity index (χ3n) is 2.71. The number of hydrogen-bond acceptors (Lipinski definition) is 3. The lowest BCUT2D eigenvalue weighted by atomic mass is 10.2. The molecular formula is C9H13NO3S. The molecule has 2 fully saturated rings. The van der Waals surface area contributed by atoms with E-state index in [1.165, 1.54) is 6.92 Å². The average Bonchev–Trinajstić information content (AvgIpc) is 2.83. The van der Waals surface area contributed by atoms with Crippen LogP contribution in [-0.4, -0.2) is 39.1 Å². The van der Waals surface area contributed by atoms with Crippen LogP contribution in [0, 0.1) is 5.92 Å². The van der Waals surface area contributed by atoms with Crippen LogP contribution in [0.5, 0.6) is 0 Å². The summed E-state index contributed by atoms with van der Waals surface area (Å²) in [5, 5.41) is 9.06. The second-order valence-corrected chi connectivity index (χ2v) is 4.99. The first-order valence-electron chi connectivity index (χ1n) is 4.74. The normalized spacial score (nSPS) is 31.9. The Labute approximate surface area is 86.6 Å². The lowest BCUT2D eigenvalue weighted by molar-refractivity contribution is -0.148. The van der Waals surface area contributed by atoms with Gasteiger partial charge in [0.25, 0.3) is 0 Å². The summed E-state index contributed by atoms with van der Waals surface area (Å²) in [4.78, 5) is 23.8. The monoisotopic (exact) mass is 215 g/mol. The van der Waals surface area contributed by atoms with Gasteiger partial charge in [-0.3, -0.25) is 4.79 Å². The van der Waals surface area contributed by atoms with Crippen LogP contribution in [0.25, 0.3) is 0 Å². The van der Waals surface area contributed by atoms with Crippen molar-refractivity contribution < 1.29 is 14.7 Å². The van der Waals surface area contributed by atoms with Gasteiger partial charge < -0.3 is 10.0 Å². The van der Waals surface area contributed by atoms with Crippen LogP contribution >= 0.6 is 11.8 Å². The van der Waals surface area contributed by atoms with Crippen LogP contribution in [0.3, 0.4) is 0 Å². The summed E-state index contributed by atoms with van der Waals surface area (Å²) >= 11 is 1.61. The Morgan fingerprint density at radius 3 is 2.50 bits per heavy atom. The lowest BCUT2D eigenvalue weighted by Crippen LogP contribution is -2.45. The maximum absolute atomic E-state index is 11.4. The molecule has 0 spiro atoms. The molecule has 1 saturated carbocycles. The number of thioether (sulfide) groups is 1. The second-order valence-electron chi connectivity index (χ2n) is 3.84. The van der Waals surface area contributed by atoms with Gasteiger partial charge >= 0.3 is 5.97 Å². The molecule has 2 atom stereocenters. The highest BCUT2D eigenvalue weighted by Crippen LogP contribution is 2.45. The average molecular weight is 215 g/mol. The van der Waals surface area contributed by atoms with E-state index in [0.29, 0.717) is 11.7 Å². The van der Waals surface area contributed by atoms with Crippen molar-refractivity contribution in [2.45, 2.75) is 31.2 Å². The number of carbonyl (C=O) groups is 2. The van der Waals surface area contributed by atoms with Crippen LogP contribution in [0.4, 0.5) is 0 Å². The zero-order chi connectivity index (χ0) is 10.3. The van der Waals surface area contributed by atoms with E-state index in [1.54, 1.807) is 16.7 Å². The Morgan fingerprint density at radius 1 is 1.43 bits per heavy atom. The molecule has 1 N–H and O–H groups in total. The van der Waals surface area contributed by atoms with Crippen LogP contribution in [0.1, 0.15) is 19.8 Å². The van der Waals surface area contributed by atoms with Crippen molar-refractivity contribution in [1.29, 1.82) is 0 Å². The molecule has 5 heteroatoms. The van der Waals surface area contributed by atoms with Crippen molar-refractivity contribution >= 4 is 23.6 Å². The minimum absolute atomic E-state index is 0.112. The lowest BCUT2D eigenvalue weighted by Gasteiger charge is -2.25. The minimum atomic E-state index is -0.879. The predicted octanol–water partition coefficient (Wildman–Crippen LogP) is 0.771. The number of amides is 1. The Bertz CT molecular complexity index is 277. The van der Waals surface area contributed by atoms with Gasteiger partial charge in [0.05, 0.1) is 5.37 Å². The smallest absolute Gasteiger partial charge is 0.327 e. The maximum Gasteiger partial charge on any atom is 0.327 e. The molecule has 2 unspecified atom stereocenters. The summed E-state index contributed by atoms with van der Waals surface area (Å²) in [7, 11) is 0. The highest BCUT2D eigenvalue weighted by Gasteiger charge is 2.46. The van der Waals surface area contributed by atoms with E-state index < -0.39 is 12.0 Å². The van der Waals surface area contributed by atoms with Crippen molar-refractivity contribution in [3.63, 3.8) is 0 Å². The maximum atomic E-state index is 11.4. The van der Waals surface area contributed by atoms with E-state index in [9.17, 15) is 9.59 Å². The van der Waals surface area contributed by atoms with E-state index in [0.717, 1.165) is 12.8 Å². The number of nitrogens with zero attached hydrogens (tertiary/aromatic N) is 1. The molecule has 2 aliphatic rings. The molecule has 0 bridgehead atoms. The first-order valence-corrected chi connectivity index (χ1v) is 5.79. The quantitative estimate of drug-likeness (QED) is 0.739. The summed E-state index contributed by atoms with van der Waals surface area (Å²) in [6.45, 7) is 1.46. The summed E-state index contributed by atoms with van der Waals surface area (Å²) in [6, 6.07) is -0.608. The SMILES string of the molecule is CC(=O)N1C(C(=O)O)CSC1C1CC1. The van der Waals surface area contributed by atoms with Gasteiger partial charge in [-0.05, 0) is 18.8 Å². The van der Waals surface area contributed by atoms with E-state index >= 15 is 0 Å². The molecule has 0 aromatic rings. The van der Waals surface area contributed by atoms with Crippen molar-refractivity contribution in [2.75, 3.05) is 5.75 Å². The standard InChI is InChI=1S/C9H13NO3S/c1-5(11)10-7(9(12)13)4-14-8(10)6-2-3-6/h6-8H,2-4H2,1H3,(H,12,13). The van der Waals surface area contributed by atoms with E-state index in [2.05, 4.69) is 0 Å². The molecule has 1 amide bonds. The zero-order valence-corrected chi connectivity index (χ0v) is 8.79. The van der Waals surface area contributed by atoms with Crippen molar-refractivity contribution in [1.82, 2.24) is 4.90 Å². The van der Waals surface area contributed by atoms with Gasteiger partial charge in [0.2, 0.25) is 5.91 Å². The van der Waals surface area contributed by atoms with Crippen molar-refractivity contribution in [3.05, 3.63) is 0 Å². The van der Waals surface area contributed by atoms with E-state index in [-0.39, 0.29) is 11.3 Å². The summed E-state index contributed by atoms with van der Waals surface area (Å²) < 4.78 is 0. The summed E-state index contributed by atoms with van der Waals surface area (Å²) in [5.41, 5.74) is 0. The molecule has 14 heavy (non-hydrogen) atoms. The number of carboxylic acids is 1. The number of aliphatic carboxylic acids is 1. The fraction of sp³-hybridized carbons (Fsp3) is 0.778. The van der Waals surface area contributed by atoms with Gasteiger partial charge in [0, 0.05) is 12.7 Å². The Hall–Kier alpha value is -0.710. The second kappa shape index (κ2) is 3.46. The van der Waals surface area contributed by atoms with Gasteiger partial charge in [-0.25, -0.2) is 4.79 Å². The third-order valence-corrected chi connectivity index (χ3v) is 4.17. The molecule has 0 aromatic heterocycles. The number of hydrogen-bond donors (Lipinski definition) is 1. The van der Waals surface area contributed by atoms with Crippen LogP contribution < -0.4 is 0 Å². The molecule has 78 valence electrons. The number of carbonyl (C=O) groups excluding carboxylic acids is 1. The Morgan fingerprint density at radius 2 is 2.07 bits per heavy atom. The molecule has 4 nitrogen and oxygen atoms in total. The summed E-state index contributed by atoms with van der Waals surface area (Å²) in [6.07, 6.45) is 2.27. The first kappa shape index (κ1) is 9.83. The number of carboxylic acid groups (broad SMARTS) is 1. The van der Waals surface area contributed by atoms with Gasteiger partial charge in [-0.2, -0.15) is 0 Å². The molecular weight excluding hydrogens is 202 g/mol. The molecule has 0 radical (unpaired) electrons. The molecule has 1 aliphatic heterocycles. The fourth-order valence-corrected chi connectivity index (χ4v) is 3.54. The van der Waals surface area contributed by atoms with E-state index in [1.807, 2.05) is 0 Å². The van der Waals surface area contributed by atoms with Gasteiger partial charge in [0.1, 0.15) is 6.04 Å². The van der Waals surface area contributed by atoms with Crippen molar-refractivity contribution in [2.24, 2.45) is 5.92 Å². The third kappa shape index (κ3) is 1.61. The predicted molar refractivity (Wildman–Crippen MR) is 52.9 cm³/mol. The van der Waals surface area contributed by atoms with E-state index in [4.69, 9.17) is 5.11 Å².